The largest absolute Gasteiger partial charge is 0.361 e. The maximum atomic E-state index is 11.8. The molecular weight excluding hydrogens is 224 g/mol. The Labute approximate surface area is 108 Å². The van der Waals surface area contributed by atoms with Gasteiger partial charge in [-0.25, -0.2) is 0 Å². The molecule has 1 N–H and O–H groups in total. The Kier molecular flexibility index (Phi) is 3.70. The van der Waals surface area contributed by atoms with Gasteiger partial charge in [-0.2, -0.15) is 0 Å². The molecule has 0 unspecified atom stereocenters. The van der Waals surface area contributed by atoms with Crippen molar-refractivity contribution in [1.82, 2.24) is 9.88 Å². The second-order valence-corrected chi connectivity index (χ2v) is 5.02. The highest BCUT2D eigenvalue weighted by atomic mass is 16.2. The molecule has 0 saturated heterocycles. The summed E-state index contributed by atoms with van der Waals surface area (Å²) in [6.07, 6.45) is 2.93. The Morgan fingerprint density at radius 3 is 2.78 bits per heavy atom. The van der Waals surface area contributed by atoms with Crippen LogP contribution in [0.4, 0.5) is 0 Å². The van der Waals surface area contributed by atoms with Gasteiger partial charge in [-0.15, -0.1) is 0 Å². The average molecular weight is 244 g/mol. The fourth-order valence-corrected chi connectivity index (χ4v) is 2.18. The Morgan fingerprint density at radius 2 is 2.06 bits per heavy atom. The fraction of sp³-hybridized carbons (Fsp3) is 0.400. The normalized spacial score (nSPS) is 11.1. The first kappa shape index (κ1) is 12.7. The molecule has 1 heterocycles. The number of aromatic amines is 1. The first-order valence-electron chi connectivity index (χ1n) is 6.39. The number of carbonyl (C=O) groups excluding carboxylic acids is 1. The molecule has 0 atom stereocenters. The van der Waals surface area contributed by atoms with Crippen LogP contribution in [0.5, 0.6) is 0 Å². The zero-order valence-corrected chi connectivity index (χ0v) is 11.2. The van der Waals surface area contributed by atoms with Crippen LogP contribution in [-0.2, 0) is 11.2 Å². The van der Waals surface area contributed by atoms with Crippen molar-refractivity contribution in [2.75, 3.05) is 13.6 Å². The molecule has 2 aromatic rings. The number of para-hydroxylation sites is 1. The van der Waals surface area contributed by atoms with Crippen LogP contribution < -0.4 is 0 Å². The van der Waals surface area contributed by atoms with Gasteiger partial charge in [0.15, 0.2) is 0 Å². The maximum absolute atomic E-state index is 11.8. The van der Waals surface area contributed by atoms with Crippen molar-refractivity contribution in [3.63, 3.8) is 0 Å². The summed E-state index contributed by atoms with van der Waals surface area (Å²) in [6.45, 7) is 4.63. The molecule has 3 heteroatoms. The van der Waals surface area contributed by atoms with Gasteiger partial charge in [0, 0.05) is 36.6 Å². The number of rotatable bonds is 4. The average Bonchev–Trinajstić information content (AvgIpc) is 2.78. The van der Waals surface area contributed by atoms with Gasteiger partial charge in [0.25, 0.3) is 0 Å². The van der Waals surface area contributed by atoms with E-state index in [0.29, 0.717) is 0 Å². The van der Waals surface area contributed by atoms with Crippen LogP contribution in [0.1, 0.15) is 19.4 Å². The Hall–Kier alpha value is -1.77. The van der Waals surface area contributed by atoms with Crippen molar-refractivity contribution in [1.29, 1.82) is 0 Å². The third kappa shape index (κ3) is 2.55. The monoisotopic (exact) mass is 244 g/mol. The van der Waals surface area contributed by atoms with Crippen molar-refractivity contribution in [2.24, 2.45) is 5.92 Å². The van der Waals surface area contributed by atoms with Crippen LogP contribution in [-0.4, -0.2) is 29.4 Å². The van der Waals surface area contributed by atoms with E-state index in [2.05, 4.69) is 17.1 Å². The summed E-state index contributed by atoms with van der Waals surface area (Å²) in [7, 11) is 1.87. The number of aromatic nitrogens is 1. The van der Waals surface area contributed by atoms with E-state index in [1.807, 2.05) is 44.1 Å². The molecule has 96 valence electrons. The molecule has 1 aromatic heterocycles. The summed E-state index contributed by atoms with van der Waals surface area (Å²) in [5, 5.41) is 1.25. The predicted molar refractivity (Wildman–Crippen MR) is 74.5 cm³/mol. The van der Waals surface area contributed by atoms with Gasteiger partial charge in [-0.05, 0) is 18.1 Å². The predicted octanol–water partition coefficient (Wildman–Crippen LogP) is 2.82. The molecule has 1 amide bonds. The number of carbonyl (C=O) groups is 1. The van der Waals surface area contributed by atoms with Gasteiger partial charge in [-0.3, -0.25) is 4.79 Å². The van der Waals surface area contributed by atoms with Crippen molar-refractivity contribution < 1.29 is 4.79 Å². The molecule has 2 rings (SSSR count). The quantitative estimate of drug-likeness (QED) is 0.882. The van der Waals surface area contributed by atoms with Crippen LogP contribution in [0.25, 0.3) is 10.9 Å². The third-order valence-electron chi connectivity index (χ3n) is 3.26. The highest BCUT2D eigenvalue weighted by Gasteiger charge is 2.13. The summed E-state index contributed by atoms with van der Waals surface area (Å²) in [5.41, 5.74) is 2.43. The van der Waals surface area contributed by atoms with E-state index in [1.165, 1.54) is 10.9 Å². The van der Waals surface area contributed by atoms with E-state index in [0.717, 1.165) is 18.5 Å². The number of benzene rings is 1. The molecule has 0 radical (unpaired) electrons. The first-order valence-corrected chi connectivity index (χ1v) is 6.39. The molecule has 0 aliphatic carbocycles. The SMILES string of the molecule is CC(C)C(=O)N(C)CCc1c[nH]c2ccccc12. The second kappa shape index (κ2) is 5.25. The van der Waals surface area contributed by atoms with Gasteiger partial charge < -0.3 is 9.88 Å². The van der Waals surface area contributed by atoms with E-state index in [1.54, 1.807) is 0 Å². The number of fused-ring (bicyclic) bond motifs is 1. The number of amides is 1. The lowest BCUT2D eigenvalue weighted by atomic mass is 10.1. The summed E-state index contributed by atoms with van der Waals surface area (Å²) in [5.74, 6) is 0.271. The van der Waals surface area contributed by atoms with E-state index in [-0.39, 0.29) is 11.8 Å². The third-order valence-corrected chi connectivity index (χ3v) is 3.26. The summed E-state index contributed by atoms with van der Waals surface area (Å²) in [4.78, 5) is 16.9. The van der Waals surface area contributed by atoms with E-state index >= 15 is 0 Å². The molecule has 0 aliphatic heterocycles. The fourth-order valence-electron chi connectivity index (χ4n) is 2.18. The molecule has 0 saturated carbocycles. The van der Waals surface area contributed by atoms with Gasteiger partial charge in [-0.1, -0.05) is 32.0 Å². The maximum Gasteiger partial charge on any atom is 0.224 e. The number of hydrogen-bond donors (Lipinski definition) is 1. The van der Waals surface area contributed by atoms with Crippen molar-refractivity contribution in [3.8, 4) is 0 Å². The summed E-state index contributed by atoms with van der Waals surface area (Å²) in [6, 6.07) is 8.26. The van der Waals surface area contributed by atoms with Gasteiger partial charge in [0.05, 0.1) is 0 Å². The van der Waals surface area contributed by atoms with Crippen molar-refractivity contribution >= 4 is 16.8 Å². The minimum atomic E-state index is 0.0676. The zero-order valence-electron chi connectivity index (χ0n) is 11.2. The number of H-pyrrole nitrogens is 1. The highest BCUT2D eigenvalue weighted by molar-refractivity contribution is 5.83. The smallest absolute Gasteiger partial charge is 0.224 e. The van der Waals surface area contributed by atoms with Gasteiger partial charge in [0.2, 0.25) is 5.91 Å². The van der Waals surface area contributed by atoms with E-state index in [9.17, 15) is 4.79 Å². The molecule has 0 bridgehead atoms. The topological polar surface area (TPSA) is 36.1 Å². The van der Waals surface area contributed by atoms with Crippen molar-refractivity contribution in [3.05, 3.63) is 36.0 Å². The summed E-state index contributed by atoms with van der Waals surface area (Å²) >= 11 is 0. The van der Waals surface area contributed by atoms with Crippen molar-refractivity contribution in [2.45, 2.75) is 20.3 Å². The lowest BCUT2D eigenvalue weighted by Crippen LogP contribution is -2.32. The van der Waals surface area contributed by atoms with Gasteiger partial charge in [0.1, 0.15) is 0 Å². The number of nitrogens with zero attached hydrogens (tertiary/aromatic N) is 1. The molecule has 0 spiro atoms. The number of nitrogens with one attached hydrogen (secondary N) is 1. The lowest BCUT2D eigenvalue weighted by molar-refractivity contribution is -0.133. The molecule has 0 aliphatic rings. The Bertz CT molecular complexity index is 542. The number of hydrogen-bond acceptors (Lipinski definition) is 1. The number of likely N-dealkylation sites (N-methyl/N-ethyl adjacent to an activating group) is 1. The van der Waals surface area contributed by atoms with Crippen LogP contribution in [0.2, 0.25) is 0 Å². The molecular formula is C15H20N2O. The first-order chi connectivity index (χ1) is 8.59. The Morgan fingerprint density at radius 1 is 1.33 bits per heavy atom. The molecule has 1 aromatic carbocycles. The molecule has 18 heavy (non-hydrogen) atoms. The van der Waals surface area contributed by atoms with E-state index < -0.39 is 0 Å². The van der Waals surface area contributed by atoms with Gasteiger partial charge >= 0.3 is 0 Å². The zero-order chi connectivity index (χ0) is 13.1. The summed E-state index contributed by atoms with van der Waals surface area (Å²) < 4.78 is 0. The minimum Gasteiger partial charge on any atom is -0.361 e. The lowest BCUT2D eigenvalue weighted by Gasteiger charge is -2.19. The van der Waals surface area contributed by atoms with Crippen LogP contribution >= 0.6 is 0 Å². The molecule has 3 nitrogen and oxygen atoms in total. The van der Waals surface area contributed by atoms with E-state index in [4.69, 9.17) is 0 Å². The minimum absolute atomic E-state index is 0.0676. The standard InChI is InChI=1S/C15H20N2O/c1-11(2)15(18)17(3)9-8-12-10-16-14-7-5-4-6-13(12)14/h4-7,10-11,16H,8-9H2,1-3H3. The van der Waals surface area contributed by atoms with Crippen LogP contribution in [0.15, 0.2) is 30.5 Å². The highest BCUT2D eigenvalue weighted by Crippen LogP contribution is 2.18. The molecule has 0 fully saturated rings. The van der Waals surface area contributed by atoms with Crippen LogP contribution in [0, 0.1) is 5.92 Å². The Balaban J connectivity index is 2.04. The second-order valence-electron chi connectivity index (χ2n) is 5.02. The van der Waals surface area contributed by atoms with Crippen LogP contribution in [0.3, 0.4) is 0 Å².